The molecule has 0 saturated carbocycles. The maximum atomic E-state index is 13.1. The number of halogens is 1. The van der Waals surface area contributed by atoms with E-state index in [0.717, 1.165) is 20.9 Å². The monoisotopic (exact) mass is 522 g/mol. The SMILES string of the molecule is Cc1cc(C)cc(NS(=O)(=O)c2cc(C(=O)Nc3ccccc3Sc3ccccc3)ccc2Cl)c1. The summed E-state index contributed by atoms with van der Waals surface area (Å²) in [6, 6.07) is 26.9. The number of amides is 1. The molecule has 8 heteroatoms. The van der Waals surface area contributed by atoms with Gasteiger partial charge in [-0.15, -0.1) is 0 Å². The Bertz CT molecular complexity index is 1470. The normalized spacial score (nSPS) is 11.2. The minimum atomic E-state index is -4.02. The summed E-state index contributed by atoms with van der Waals surface area (Å²) >= 11 is 7.76. The fourth-order valence-corrected chi connectivity index (χ4v) is 6.05. The first-order chi connectivity index (χ1) is 16.7. The summed E-state index contributed by atoms with van der Waals surface area (Å²) in [4.78, 5) is 14.8. The Morgan fingerprint density at radius 2 is 1.49 bits per heavy atom. The van der Waals surface area contributed by atoms with Gasteiger partial charge in [0.25, 0.3) is 15.9 Å². The van der Waals surface area contributed by atoms with E-state index in [9.17, 15) is 13.2 Å². The molecule has 0 aliphatic heterocycles. The van der Waals surface area contributed by atoms with Gasteiger partial charge in [0.15, 0.2) is 0 Å². The molecule has 2 N–H and O–H groups in total. The molecular formula is C27H23ClN2O3S2. The van der Waals surface area contributed by atoms with Crippen LogP contribution in [-0.4, -0.2) is 14.3 Å². The lowest BCUT2D eigenvalue weighted by Crippen LogP contribution is -2.17. The summed E-state index contributed by atoms with van der Waals surface area (Å²) in [5, 5.41) is 2.92. The van der Waals surface area contributed by atoms with Gasteiger partial charge in [-0.05, 0) is 79.6 Å². The first kappa shape index (κ1) is 24.9. The number of aryl methyl sites for hydroxylation is 2. The largest absolute Gasteiger partial charge is 0.321 e. The number of hydrogen-bond donors (Lipinski definition) is 2. The van der Waals surface area contributed by atoms with Gasteiger partial charge in [0, 0.05) is 21.0 Å². The van der Waals surface area contributed by atoms with Gasteiger partial charge in [-0.25, -0.2) is 8.42 Å². The van der Waals surface area contributed by atoms with Crippen LogP contribution in [0.15, 0.2) is 106 Å². The second kappa shape index (κ2) is 10.6. The third-order valence-corrected chi connectivity index (χ3v) is 8.01. The van der Waals surface area contributed by atoms with Crippen molar-refractivity contribution in [1.82, 2.24) is 0 Å². The smallest absolute Gasteiger partial charge is 0.263 e. The molecule has 35 heavy (non-hydrogen) atoms. The lowest BCUT2D eigenvalue weighted by Gasteiger charge is -2.13. The van der Waals surface area contributed by atoms with Crippen molar-refractivity contribution in [2.75, 3.05) is 10.0 Å². The Labute approximate surface area is 214 Å². The summed E-state index contributed by atoms with van der Waals surface area (Å²) in [6.07, 6.45) is 0. The first-order valence-corrected chi connectivity index (χ1v) is 13.4. The average Bonchev–Trinajstić information content (AvgIpc) is 2.80. The number of carbonyl (C=O) groups excluding carboxylic acids is 1. The fraction of sp³-hybridized carbons (Fsp3) is 0.0741. The van der Waals surface area contributed by atoms with Crippen LogP contribution in [0.4, 0.5) is 11.4 Å². The van der Waals surface area contributed by atoms with Gasteiger partial charge < -0.3 is 5.32 Å². The molecule has 0 heterocycles. The van der Waals surface area contributed by atoms with Crippen molar-refractivity contribution in [3.05, 3.63) is 113 Å². The van der Waals surface area contributed by atoms with E-state index in [4.69, 9.17) is 11.6 Å². The highest BCUT2D eigenvalue weighted by molar-refractivity contribution is 7.99. The summed E-state index contributed by atoms with van der Waals surface area (Å²) in [7, 11) is -4.02. The fourth-order valence-electron chi connectivity index (χ4n) is 3.56. The van der Waals surface area contributed by atoms with Crippen molar-refractivity contribution in [2.24, 2.45) is 0 Å². The van der Waals surface area contributed by atoms with E-state index in [2.05, 4.69) is 10.0 Å². The first-order valence-electron chi connectivity index (χ1n) is 10.8. The Morgan fingerprint density at radius 1 is 0.829 bits per heavy atom. The molecule has 0 radical (unpaired) electrons. The van der Waals surface area contributed by atoms with E-state index in [1.807, 2.05) is 68.4 Å². The van der Waals surface area contributed by atoms with E-state index in [0.29, 0.717) is 11.4 Å². The predicted octanol–water partition coefficient (Wildman–Crippen LogP) is 7.16. The molecule has 1 amide bonds. The van der Waals surface area contributed by atoms with Crippen molar-refractivity contribution in [2.45, 2.75) is 28.5 Å². The van der Waals surface area contributed by atoms with E-state index in [1.165, 1.54) is 30.0 Å². The third kappa shape index (κ3) is 6.25. The van der Waals surface area contributed by atoms with Crippen molar-refractivity contribution >= 4 is 50.7 Å². The van der Waals surface area contributed by atoms with Gasteiger partial charge in [0.2, 0.25) is 0 Å². The Balaban J connectivity index is 1.59. The third-order valence-electron chi connectivity index (χ3n) is 5.06. The van der Waals surface area contributed by atoms with E-state index >= 15 is 0 Å². The van der Waals surface area contributed by atoms with Crippen LogP contribution in [0, 0.1) is 13.8 Å². The van der Waals surface area contributed by atoms with Crippen LogP contribution in [0.2, 0.25) is 5.02 Å². The molecule has 0 atom stereocenters. The maximum absolute atomic E-state index is 13.1. The van der Waals surface area contributed by atoms with Gasteiger partial charge in [0.05, 0.1) is 10.7 Å². The highest BCUT2D eigenvalue weighted by atomic mass is 35.5. The van der Waals surface area contributed by atoms with Crippen molar-refractivity contribution in [3.8, 4) is 0 Å². The van der Waals surface area contributed by atoms with Crippen LogP contribution in [0.1, 0.15) is 21.5 Å². The summed E-state index contributed by atoms with van der Waals surface area (Å²) in [5.41, 5.74) is 3.08. The van der Waals surface area contributed by atoms with Gasteiger partial charge in [-0.2, -0.15) is 0 Å². The van der Waals surface area contributed by atoms with Gasteiger partial charge in [-0.1, -0.05) is 59.8 Å². The number of nitrogens with one attached hydrogen (secondary N) is 2. The number of sulfonamides is 1. The zero-order chi connectivity index (χ0) is 25.0. The minimum Gasteiger partial charge on any atom is -0.321 e. The van der Waals surface area contributed by atoms with Crippen LogP contribution in [-0.2, 0) is 10.0 Å². The quantitative estimate of drug-likeness (QED) is 0.270. The van der Waals surface area contributed by atoms with Gasteiger partial charge in [-0.3, -0.25) is 9.52 Å². The van der Waals surface area contributed by atoms with Crippen LogP contribution in [0.25, 0.3) is 0 Å². The number of para-hydroxylation sites is 1. The predicted molar refractivity (Wildman–Crippen MR) is 143 cm³/mol. The van der Waals surface area contributed by atoms with E-state index in [-0.39, 0.29) is 15.5 Å². The van der Waals surface area contributed by atoms with Crippen molar-refractivity contribution < 1.29 is 13.2 Å². The second-order valence-electron chi connectivity index (χ2n) is 7.99. The molecule has 0 bridgehead atoms. The summed E-state index contributed by atoms with van der Waals surface area (Å²) < 4.78 is 28.8. The topological polar surface area (TPSA) is 75.3 Å². The molecule has 0 unspecified atom stereocenters. The van der Waals surface area contributed by atoms with E-state index < -0.39 is 15.9 Å². The standard InChI is InChI=1S/C27H23ClN2O3S2/c1-18-14-19(2)16-21(15-18)30-35(32,33)26-17-20(12-13-23(26)28)27(31)29-24-10-6-7-11-25(24)34-22-8-4-3-5-9-22/h3-17,30H,1-2H3,(H,29,31). The maximum Gasteiger partial charge on any atom is 0.263 e. The van der Waals surface area contributed by atoms with Crippen LogP contribution in [0.3, 0.4) is 0 Å². The molecule has 178 valence electrons. The molecule has 0 aromatic heterocycles. The molecule has 0 spiro atoms. The molecule has 5 nitrogen and oxygen atoms in total. The minimum absolute atomic E-state index is 0.0264. The zero-order valence-electron chi connectivity index (χ0n) is 19.1. The second-order valence-corrected chi connectivity index (χ2v) is 11.2. The zero-order valence-corrected chi connectivity index (χ0v) is 21.5. The highest BCUT2D eigenvalue weighted by Gasteiger charge is 2.21. The van der Waals surface area contributed by atoms with Crippen molar-refractivity contribution in [1.29, 1.82) is 0 Å². The lowest BCUT2D eigenvalue weighted by atomic mass is 10.1. The molecular weight excluding hydrogens is 500 g/mol. The van der Waals surface area contributed by atoms with Crippen LogP contribution >= 0.6 is 23.4 Å². The Kier molecular flexibility index (Phi) is 7.50. The molecule has 0 fully saturated rings. The van der Waals surface area contributed by atoms with Crippen LogP contribution in [0.5, 0.6) is 0 Å². The molecule has 4 aromatic rings. The lowest BCUT2D eigenvalue weighted by molar-refractivity contribution is 0.102. The number of anilines is 2. The van der Waals surface area contributed by atoms with Crippen molar-refractivity contribution in [3.63, 3.8) is 0 Å². The molecule has 4 rings (SSSR count). The summed E-state index contributed by atoms with van der Waals surface area (Å²) in [6.45, 7) is 3.77. The van der Waals surface area contributed by atoms with Gasteiger partial charge >= 0.3 is 0 Å². The number of rotatable bonds is 7. The Hall–Kier alpha value is -3.26. The average molecular weight is 523 g/mol. The molecule has 0 aliphatic carbocycles. The van der Waals surface area contributed by atoms with Gasteiger partial charge in [0.1, 0.15) is 4.90 Å². The molecule has 0 aliphatic rings. The summed E-state index contributed by atoms with van der Waals surface area (Å²) in [5.74, 6) is -0.439. The number of benzene rings is 4. The van der Waals surface area contributed by atoms with Crippen LogP contribution < -0.4 is 10.0 Å². The van der Waals surface area contributed by atoms with E-state index in [1.54, 1.807) is 18.2 Å². The molecule has 0 saturated heterocycles. The Morgan fingerprint density at radius 3 is 2.20 bits per heavy atom. The number of carbonyl (C=O) groups is 1. The molecule has 4 aromatic carbocycles. The number of hydrogen-bond acceptors (Lipinski definition) is 4. The highest BCUT2D eigenvalue weighted by Crippen LogP contribution is 2.34.